The van der Waals surface area contributed by atoms with E-state index in [1.165, 1.54) is 12.8 Å². The van der Waals surface area contributed by atoms with Gasteiger partial charge in [0.1, 0.15) is 0 Å². The van der Waals surface area contributed by atoms with Crippen molar-refractivity contribution in [2.24, 2.45) is 0 Å². The topological polar surface area (TPSA) is 29.5 Å². The van der Waals surface area contributed by atoms with Gasteiger partial charge in [0.15, 0.2) is 0 Å². The van der Waals surface area contributed by atoms with Gasteiger partial charge in [0, 0.05) is 0 Å². The first kappa shape index (κ1) is 15.9. The molecule has 0 aromatic carbocycles. The molecule has 0 saturated carbocycles. The first-order valence-corrected chi connectivity index (χ1v) is 9.43. The molecule has 1 N–H and O–H groups in total. The number of rotatable bonds is 9. The van der Waals surface area contributed by atoms with Gasteiger partial charge in [-0.2, -0.15) is 0 Å². The fourth-order valence-corrected chi connectivity index (χ4v) is 3.21. The molecule has 2 nitrogen and oxygen atoms in total. The van der Waals surface area contributed by atoms with Gasteiger partial charge in [0.25, 0.3) is 0 Å². The van der Waals surface area contributed by atoms with Crippen molar-refractivity contribution in [1.82, 2.24) is 0 Å². The summed E-state index contributed by atoms with van der Waals surface area (Å²) in [5.74, 6) is 0. The van der Waals surface area contributed by atoms with Gasteiger partial charge in [0.2, 0.25) is 8.32 Å². The van der Waals surface area contributed by atoms with Crippen molar-refractivity contribution >= 4 is 8.32 Å². The Bertz CT molecular complexity index is 187. The van der Waals surface area contributed by atoms with Crippen molar-refractivity contribution in [3.8, 4) is 0 Å². The fourth-order valence-electron chi connectivity index (χ4n) is 1.74. The van der Waals surface area contributed by atoms with E-state index >= 15 is 0 Å². The second-order valence-corrected chi connectivity index (χ2v) is 9.06. The van der Waals surface area contributed by atoms with Gasteiger partial charge in [-0.05, 0) is 32.9 Å². The first-order chi connectivity index (χ1) is 7.41. The molecule has 0 aromatic heterocycles. The molecule has 0 radical (unpaired) electrons. The number of hydrogen-bond donors (Lipinski definition) is 1. The Hall–Kier alpha value is -0.123. The summed E-state index contributed by atoms with van der Waals surface area (Å²) in [4.78, 5) is 10.2. The Balaban J connectivity index is 4.15. The molecule has 96 valence electrons. The van der Waals surface area contributed by atoms with Crippen LogP contribution in [0.5, 0.6) is 0 Å². The predicted molar refractivity (Wildman–Crippen MR) is 73.0 cm³/mol. The molecule has 3 heteroatoms. The van der Waals surface area contributed by atoms with Crippen molar-refractivity contribution in [3.63, 3.8) is 0 Å². The minimum Gasteiger partial charge on any atom is -0.430 e. The Morgan fingerprint density at radius 3 is 2.44 bits per heavy atom. The van der Waals surface area contributed by atoms with Crippen molar-refractivity contribution in [3.05, 3.63) is 12.7 Å². The maximum absolute atomic E-state index is 10.2. The molecule has 2 atom stereocenters. The standard InChI is InChI=1S/C13H28O2Si/c1-6-8-9-11-13(16(4,5)14)15-12(3)10-7-2/h7,12-14H,2,6,8-11H2,1,3-5H3. The smallest absolute Gasteiger partial charge is 0.210 e. The molecule has 0 amide bonds. The molecule has 0 bridgehead atoms. The molecule has 0 saturated heterocycles. The molecule has 16 heavy (non-hydrogen) atoms. The van der Waals surface area contributed by atoms with Crippen LogP contribution in [0.3, 0.4) is 0 Å². The second kappa shape index (κ2) is 8.04. The lowest BCUT2D eigenvalue weighted by Crippen LogP contribution is -2.45. The predicted octanol–water partition coefficient (Wildman–Crippen LogP) is 3.65. The van der Waals surface area contributed by atoms with Crippen LogP contribution in [0, 0.1) is 0 Å². The molecular weight excluding hydrogens is 216 g/mol. The molecular formula is C13H28O2Si. The summed E-state index contributed by atoms with van der Waals surface area (Å²) >= 11 is 0. The van der Waals surface area contributed by atoms with Crippen molar-refractivity contribution in [2.45, 2.75) is 70.9 Å². The van der Waals surface area contributed by atoms with E-state index in [1.807, 2.05) is 19.2 Å². The summed E-state index contributed by atoms with van der Waals surface area (Å²) in [7, 11) is -2.18. The van der Waals surface area contributed by atoms with E-state index in [9.17, 15) is 4.80 Å². The number of ether oxygens (including phenoxy) is 1. The van der Waals surface area contributed by atoms with Crippen LogP contribution in [0.4, 0.5) is 0 Å². The average Bonchev–Trinajstić information content (AvgIpc) is 2.15. The highest BCUT2D eigenvalue weighted by Crippen LogP contribution is 2.18. The van der Waals surface area contributed by atoms with E-state index in [-0.39, 0.29) is 11.8 Å². The molecule has 0 aliphatic heterocycles. The van der Waals surface area contributed by atoms with E-state index in [0.29, 0.717) is 0 Å². The summed E-state index contributed by atoms with van der Waals surface area (Å²) in [5, 5.41) is 0. The minimum atomic E-state index is -2.18. The van der Waals surface area contributed by atoms with Gasteiger partial charge in [-0.15, -0.1) is 6.58 Å². The summed E-state index contributed by atoms with van der Waals surface area (Å²) in [6.07, 6.45) is 7.48. The quantitative estimate of drug-likeness (QED) is 0.381. The molecule has 0 rings (SSSR count). The van der Waals surface area contributed by atoms with Gasteiger partial charge < -0.3 is 9.53 Å². The molecule has 0 aromatic rings. The lowest BCUT2D eigenvalue weighted by molar-refractivity contribution is 0.0256. The van der Waals surface area contributed by atoms with Gasteiger partial charge >= 0.3 is 0 Å². The largest absolute Gasteiger partial charge is 0.430 e. The highest BCUT2D eigenvalue weighted by Gasteiger charge is 2.31. The van der Waals surface area contributed by atoms with Crippen molar-refractivity contribution in [1.29, 1.82) is 0 Å². The van der Waals surface area contributed by atoms with E-state index in [2.05, 4.69) is 20.4 Å². The third-order valence-corrected chi connectivity index (χ3v) is 4.75. The third kappa shape index (κ3) is 7.20. The molecule has 0 spiro atoms. The van der Waals surface area contributed by atoms with Gasteiger partial charge in [-0.3, -0.25) is 0 Å². The van der Waals surface area contributed by atoms with Crippen LogP contribution in [0.15, 0.2) is 12.7 Å². The molecule has 2 unspecified atom stereocenters. The second-order valence-electron chi connectivity index (χ2n) is 5.11. The molecule has 0 heterocycles. The lowest BCUT2D eigenvalue weighted by Gasteiger charge is -2.29. The van der Waals surface area contributed by atoms with E-state index in [1.54, 1.807) is 0 Å². The first-order valence-electron chi connectivity index (χ1n) is 6.40. The van der Waals surface area contributed by atoms with Crippen LogP contribution in [-0.2, 0) is 4.74 Å². The van der Waals surface area contributed by atoms with Crippen molar-refractivity contribution in [2.75, 3.05) is 0 Å². The third-order valence-electron chi connectivity index (χ3n) is 2.75. The SMILES string of the molecule is C=CCC(C)OC(CCCCC)[Si](C)(C)O. The number of unbranched alkanes of at least 4 members (excludes halogenated alkanes) is 2. The monoisotopic (exact) mass is 244 g/mol. The van der Waals surface area contributed by atoms with E-state index in [0.717, 1.165) is 19.3 Å². The van der Waals surface area contributed by atoms with Crippen LogP contribution in [0.25, 0.3) is 0 Å². The van der Waals surface area contributed by atoms with E-state index in [4.69, 9.17) is 4.74 Å². The van der Waals surface area contributed by atoms with Gasteiger partial charge in [0.05, 0.1) is 11.8 Å². The normalized spacial score (nSPS) is 15.8. The van der Waals surface area contributed by atoms with Crippen LogP contribution in [-0.4, -0.2) is 24.9 Å². The molecule has 0 fully saturated rings. The minimum absolute atomic E-state index is 0.0639. The van der Waals surface area contributed by atoms with E-state index < -0.39 is 8.32 Å². The van der Waals surface area contributed by atoms with Crippen LogP contribution >= 0.6 is 0 Å². The Morgan fingerprint density at radius 1 is 1.38 bits per heavy atom. The number of hydrogen-bond acceptors (Lipinski definition) is 2. The zero-order valence-electron chi connectivity index (χ0n) is 11.3. The van der Waals surface area contributed by atoms with Gasteiger partial charge in [-0.1, -0.05) is 32.3 Å². The summed E-state index contributed by atoms with van der Waals surface area (Å²) in [6, 6.07) is 0. The van der Waals surface area contributed by atoms with Crippen LogP contribution in [0.1, 0.15) is 46.0 Å². The van der Waals surface area contributed by atoms with Crippen LogP contribution in [0.2, 0.25) is 13.1 Å². The maximum Gasteiger partial charge on any atom is 0.210 e. The van der Waals surface area contributed by atoms with Crippen molar-refractivity contribution < 1.29 is 9.53 Å². The highest BCUT2D eigenvalue weighted by atomic mass is 28.4. The Morgan fingerprint density at radius 2 is 2.00 bits per heavy atom. The zero-order valence-corrected chi connectivity index (χ0v) is 12.3. The average molecular weight is 244 g/mol. The Kier molecular flexibility index (Phi) is 7.98. The zero-order chi connectivity index (χ0) is 12.6. The molecule has 0 aliphatic rings. The summed E-state index contributed by atoms with van der Waals surface area (Å²) < 4.78 is 5.94. The maximum atomic E-state index is 10.2. The summed E-state index contributed by atoms with van der Waals surface area (Å²) in [6.45, 7) is 11.9. The van der Waals surface area contributed by atoms with Gasteiger partial charge in [-0.25, -0.2) is 0 Å². The highest BCUT2D eigenvalue weighted by molar-refractivity contribution is 6.71. The Labute approximate surface area is 102 Å². The lowest BCUT2D eigenvalue weighted by atomic mass is 10.2. The van der Waals surface area contributed by atoms with Crippen LogP contribution < -0.4 is 0 Å². The molecule has 0 aliphatic carbocycles. The fraction of sp³-hybridized carbons (Fsp3) is 0.846. The summed E-state index contributed by atoms with van der Waals surface area (Å²) in [5.41, 5.74) is 0.0639.